The number of aliphatic hydroxyl groups is 1. The van der Waals surface area contributed by atoms with Gasteiger partial charge in [-0.3, -0.25) is 0 Å². The quantitative estimate of drug-likeness (QED) is 0.928. The van der Waals surface area contributed by atoms with Crippen LogP contribution in [0.15, 0.2) is 32.8 Å². The van der Waals surface area contributed by atoms with Crippen molar-refractivity contribution in [1.82, 2.24) is 4.98 Å². The van der Waals surface area contributed by atoms with E-state index < -0.39 is 6.10 Å². The predicted octanol–water partition coefficient (Wildman–Crippen LogP) is 3.66. The zero-order valence-electron chi connectivity index (χ0n) is 10.5. The zero-order chi connectivity index (χ0) is 13.1. The second kappa shape index (κ2) is 5.73. The molecule has 1 aromatic carbocycles. The molecule has 2 aromatic rings. The van der Waals surface area contributed by atoms with Gasteiger partial charge in [-0.15, -0.1) is 11.3 Å². The number of aromatic nitrogens is 1. The molecular formula is C13H15NO2S2. The third-order valence-electron chi connectivity index (χ3n) is 2.46. The van der Waals surface area contributed by atoms with E-state index in [9.17, 15) is 5.11 Å². The molecule has 1 unspecified atom stereocenters. The van der Waals surface area contributed by atoms with Crippen LogP contribution < -0.4 is 4.74 Å². The number of aliphatic hydroxyl groups excluding tert-OH is 1. The van der Waals surface area contributed by atoms with Crippen molar-refractivity contribution in [3.8, 4) is 5.75 Å². The van der Waals surface area contributed by atoms with Crippen LogP contribution in [-0.4, -0.2) is 17.2 Å². The first-order valence-corrected chi connectivity index (χ1v) is 7.26. The number of thiazole rings is 1. The number of benzene rings is 1. The van der Waals surface area contributed by atoms with Crippen LogP contribution in [0.3, 0.4) is 0 Å². The fraction of sp³-hybridized carbons (Fsp3) is 0.308. The lowest BCUT2D eigenvalue weighted by molar-refractivity contribution is 0.191. The van der Waals surface area contributed by atoms with Crippen molar-refractivity contribution in [1.29, 1.82) is 0 Å². The summed E-state index contributed by atoms with van der Waals surface area (Å²) in [6.07, 6.45) is -0.565. The van der Waals surface area contributed by atoms with Crippen LogP contribution in [0, 0.1) is 6.92 Å². The average molecular weight is 281 g/mol. The van der Waals surface area contributed by atoms with Crippen molar-refractivity contribution in [2.45, 2.75) is 29.2 Å². The van der Waals surface area contributed by atoms with Crippen molar-refractivity contribution in [3.63, 3.8) is 0 Å². The summed E-state index contributed by atoms with van der Waals surface area (Å²) >= 11 is 3.17. The van der Waals surface area contributed by atoms with Crippen LogP contribution in [0.1, 0.15) is 24.3 Å². The second-order valence-corrected chi connectivity index (χ2v) is 6.05. The minimum Gasteiger partial charge on any atom is -0.496 e. The van der Waals surface area contributed by atoms with E-state index in [1.165, 1.54) is 0 Å². The Morgan fingerprint density at radius 3 is 2.78 bits per heavy atom. The van der Waals surface area contributed by atoms with Crippen molar-refractivity contribution in [2.75, 3.05) is 7.11 Å². The number of hydrogen-bond acceptors (Lipinski definition) is 5. The third-order valence-corrected chi connectivity index (χ3v) is 4.59. The van der Waals surface area contributed by atoms with Gasteiger partial charge in [-0.2, -0.15) is 0 Å². The Labute approximate surface area is 115 Å². The van der Waals surface area contributed by atoms with Crippen LogP contribution in [0.25, 0.3) is 0 Å². The number of nitrogens with zero attached hydrogens (tertiary/aromatic N) is 1. The van der Waals surface area contributed by atoms with E-state index in [0.717, 1.165) is 20.5 Å². The molecule has 0 fully saturated rings. The maximum Gasteiger partial charge on any atom is 0.154 e. The van der Waals surface area contributed by atoms with E-state index >= 15 is 0 Å². The molecule has 0 amide bonds. The molecule has 0 radical (unpaired) electrons. The molecule has 96 valence electrons. The largest absolute Gasteiger partial charge is 0.496 e. The summed E-state index contributed by atoms with van der Waals surface area (Å²) in [4.78, 5) is 5.41. The highest BCUT2D eigenvalue weighted by Gasteiger charge is 2.15. The van der Waals surface area contributed by atoms with E-state index in [1.807, 2.05) is 30.5 Å². The van der Waals surface area contributed by atoms with Crippen LogP contribution in [0.4, 0.5) is 0 Å². The molecule has 1 N–H and O–H groups in total. The molecule has 1 aromatic heterocycles. The number of aryl methyl sites for hydroxylation is 1. The summed E-state index contributed by atoms with van der Waals surface area (Å²) in [5, 5.41) is 11.9. The summed E-state index contributed by atoms with van der Waals surface area (Å²) in [5.74, 6) is 0.711. The molecule has 2 rings (SSSR count). The lowest BCUT2D eigenvalue weighted by atomic mass is 10.1. The average Bonchev–Trinajstić information content (AvgIpc) is 2.74. The minimum atomic E-state index is -0.565. The number of rotatable bonds is 4. The van der Waals surface area contributed by atoms with E-state index in [2.05, 4.69) is 4.98 Å². The highest BCUT2D eigenvalue weighted by molar-refractivity contribution is 8.01. The summed E-state index contributed by atoms with van der Waals surface area (Å²) in [7, 11) is 1.61. The summed E-state index contributed by atoms with van der Waals surface area (Å²) in [6, 6.07) is 5.76. The lowest BCUT2D eigenvalue weighted by Crippen LogP contribution is -1.98. The third kappa shape index (κ3) is 2.85. The molecule has 0 aliphatic rings. The van der Waals surface area contributed by atoms with E-state index in [4.69, 9.17) is 4.74 Å². The molecule has 0 bridgehead atoms. The zero-order valence-corrected chi connectivity index (χ0v) is 12.1. The topological polar surface area (TPSA) is 42.4 Å². The normalized spacial score (nSPS) is 12.4. The van der Waals surface area contributed by atoms with Gasteiger partial charge in [0.1, 0.15) is 5.75 Å². The Morgan fingerprint density at radius 1 is 1.44 bits per heavy atom. The van der Waals surface area contributed by atoms with Crippen LogP contribution in [0.5, 0.6) is 5.75 Å². The first-order chi connectivity index (χ1) is 8.61. The van der Waals surface area contributed by atoms with Gasteiger partial charge in [0, 0.05) is 21.5 Å². The standard InChI is InChI=1S/C13H15NO2S2/c1-8-7-17-13(14-8)18-11-6-4-5-10(16-3)12(11)9(2)15/h4-7,9,15H,1-3H3. The van der Waals surface area contributed by atoms with Gasteiger partial charge in [-0.1, -0.05) is 17.8 Å². The fourth-order valence-electron chi connectivity index (χ4n) is 1.68. The SMILES string of the molecule is COc1cccc(Sc2nc(C)cs2)c1C(C)O. The van der Waals surface area contributed by atoms with Gasteiger partial charge in [0.25, 0.3) is 0 Å². The Morgan fingerprint density at radius 2 is 2.22 bits per heavy atom. The maximum absolute atomic E-state index is 9.89. The smallest absolute Gasteiger partial charge is 0.154 e. The molecule has 5 heteroatoms. The van der Waals surface area contributed by atoms with Gasteiger partial charge in [-0.25, -0.2) is 4.98 Å². The highest BCUT2D eigenvalue weighted by atomic mass is 32.2. The number of hydrogen-bond donors (Lipinski definition) is 1. The van der Waals surface area contributed by atoms with E-state index in [0.29, 0.717) is 5.75 Å². The molecule has 1 heterocycles. The molecule has 0 spiro atoms. The Balaban J connectivity index is 2.37. The highest BCUT2D eigenvalue weighted by Crippen LogP contribution is 2.39. The molecule has 0 aliphatic carbocycles. The van der Waals surface area contributed by atoms with Crippen molar-refractivity contribution in [3.05, 3.63) is 34.8 Å². The maximum atomic E-state index is 9.89. The summed E-state index contributed by atoms with van der Waals surface area (Å²) in [6.45, 7) is 3.72. The first kappa shape index (κ1) is 13.4. The summed E-state index contributed by atoms with van der Waals surface area (Å²) in [5.41, 5.74) is 1.84. The molecule has 3 nitrogen and oxygen atoms in total. The molecule has 1 atom stereocenters. The van der Waals surface area contributed by atoms with Crippen LogP contribution in [-0.2, 0) is 0 Å². The Hall–Kier alpha value is -1.04. The van der Waals surface area contributed by atoms with Crippen molar-refractivity contribution < 1.29 is 9.84 Å². The van der Waals surface area contributed by atoms with Gasteiger partial charge >= 0.3 is 0 Å². The van der Waals surface area contributed by atoms with Crippen molar-refractivity contribution >= 4 is 23.1 Å². The van der Waals surface area contributed by atoms with Gasteiger partial charge < -0.3 is 9.84 Å². The van der Waals surface area contributed by atoms with Gasteiger partial charge in [-0.05, 0) is 26.0 Å². The molecule has 0 saturated carbocycles. The summed E-state index contributed by atoms with van der Waals surface area (Å²) < 4.78 is 6.27. The van der Waals surface area contributed by atoms with Gasteiger partial charge in [0.2, 0.25) is 0 Å². The van der Waals surface area contributed by atoms with Gasteiger partial charge in [0.15, 0.2) is 4.34 Å². The fourth-order valence-corrected chi connectivity index (χ4v) is 3.71. The first-order valence-electron chi connectivity index (χ1n) is 5.56. The molecule has 18 heavy (non-hydrogen) atoms. The van der Waals surface area contributed by atoms with E-state index in [1.54, 1.807) is 37.1 Å². The molecule has 0 saturated heterocycles. The number of methoxy groups -OCH3 is 1. The molecular weight excluding hydrogens is 266 g/mol. The lowest BCUT2D eigenvalue weighted by Gasteiger charge is -2.14. The van der Waals surface area contributed by atoms with Crippen LogP contribution >= 0.6 is 23.1 Å². The molecule has 0 aliphatic heterocycles. The van der Waals surface area contributed by atoms with Crippen molar-refractivity contribution in [2.24, 2.45) is 0 Å². The Bertz CT molecular complexity index is 538. The predicted molar refractivity (Wildman–Crippen MR) is 74.6 cm³/mol. The van der Waals surface area contributed by atoms with Gasteiger partial charge in [0.05, 0.1) is 13.2 Å². The van der Waals surface area contributed by atoms with Crippen LogP contribution in [0.2, 0.25) is 0 Å². The van der Waals surface area contributed by atoms with E-state index in [-0.39, 0.29) is 0 Å². The second-order valence-electron chi connectivity index (χ2n) is 3.90. The Kier molecular flexibility index (Phi) is 4.27. The number of ether oxygens (including phenoxy) is 1. The minimum absolute atomic E-state index is 0.565. The monoisotopic (exact) mass is 281 g/mol.